The lowest BCUT2D eigenvalue weighted by molar-refractivity contribution is 0.138. The maximum atomic E-state index is 6.12. The molecular formula is C17H26N4O2. The Labute approximate surface area is 137 Å². The lowest BCUT2D eigenvalue weighted by atomic mass is 10.00. The van der Waals surface area contributed by atoms with Gasteiger partial charge < -0.3 is 20.1 Å². The van der Waals surface area contributed by atoms with Crippen molar-refractivity contribution >= 4 is 5.96 Å². The van der Waals surface area contributed by atoms with Crippen LogP contribution in [0.5, 0.6) is 5.88 Å². The molecule has 0 saturated carbocycles. The molecule has 1 aromatic heterocycles. The van der Waals surface area contributed by atoms with Gasteiger partial charge in [0.15, 0.2) is 5.96 Å². The van der Waals surface area contributed by atoms with Crippen molar-refractivity contribution in [3.8, 4) is 5.88 Å². The molecule has 3 rings (SSSR count). The number of piperidine rings is 1. The number of ether oxygens (including phenoxy) is 2. The predicted molar refractivity (Wildman–Crippen MR) is 89.4 cm³/mol. The fourth-order valence-corrected chi connectivity index (χ4v) is 2.90. The van der Waals surface area contributed by atoms with Gasteiger partial charge in [0.25, 0.3) is 0 Å². The van der Waals surface area contributed by atoms with Crippen molar-refractivity contribution in [3.63, 3.8) is 0 Å². The fourth-order valence-electron chi connectivity index (χ4n) is 2.90. The van der Waals surface area contributed by atoms with Crippen LogP contribution in [0.15, 0.2) is 23.3 Å². The number of rotatable bonds is 4. The Balaban J connectivity index is 1.55. The Bertz CT molecular complexity index is 535. The van der Waals surface area contributed by atoms with Crippen LogP contribution in [0.3, 0.4) is 0 Å². The van der Waals surface area contributed by atoms with E-state index in [1.54, 1.807) is 6.20 Å². The van der Waals surface area contributed by atoms with Crippen LogP contribution in [-0.4, -0.2) is 48.3 Å². The summed E-state index contributed by atoms with van der Waals surface area (Å²) in [6.07, 6.45) is 5.17. The maximum absolute atomic E-state index is 6.12. The highest BCUT2D eigenvalue weighted by molar-refractivity contribution is 5.78. The summed E-state index contributed by atoms with van der Waals surface area (Å²) in [6, 6.07) is 3.89. The number of pyridine rings is 1. The van der Waals surface area contributed by atoms with Gasteiger partial charge >= 0.3 is 0 Å². The second-order valence-electron chi connectivity index (χ2n) is 6.45. The van der Waals surface area contributed by atoms with E-state index in [1.807, 2.05) is 12.1 Å². The molecule has 0 bridgehead atoms. The third-order valence-corrected chi connectivity index (χ3v) is 4.51. The van der Waals surface area contributed by atoms with Gasteiger partial charge in [0.2, 0.25) is 5.88 Å². The summed E-state index contributed by atoms with van der Waals surface area (Å²) in [7, 11) is 0. The number of likely N-dealkylation sites (tertiary alicyclic amines) is 1. The first-order valence-corrected chi connectivity index (χ1v) is 8.45. The van der Waals surface area contributed by atoms with Crippen molar-refractivity contribution in [1.29, 1.82) is 0 Å². The number of nitrogens with two attached hydrogens (primary N) is 1. The zero-order chi connectivity index (χ0) is 16.1. The van der Waals surface area contributed by atoms with Crippen LogP contribution in [0.25, 0.3) is 0 Å². The highest BCUT2D eigenvalue weighted by Gasteiger charge is 2.18. The van der Waals surface area contributed by atoms with Crippen LogP contribution in [0.4, 0.5) is 0 Å². The number of hydrogen-bond acceptors (Lipinski definition) is 4. The fraction of sp³-hybridized carbons (Fsp3) is 0.647. The molecule has 3 heterocycles. The van der Waals surface area contributed by atoms with Crippen LogP contribution in [0, 0.1) is 5.92 Å². The molecule has 0 aliphatic carbocycles. The largest absolute Gasteiger partial charge is 0.472 e. The second kappa shape index (κ2) is 7.64. The van der Waals surface area contributed by atoms with E-state index in [4.69, 9.17) is 15.2 Å². The zero-order valence-electron chi connectivity index (χ0n) is 13.8. The van der Waals surface area contributed by atoms with Crippen molar-refractivity contribution in [2.24, 2.45) is 16.6 Å². The molecule has 2 aliphatic rings. The van der Waals surface area contributed by atoms with E-state index in [0.29, 0.717) is 25.0 Å². The number of hydrogen-bond donors (Lipinski definition) is 1. The summed E-state index contributed by atoms with van der Waals surface area (Å²) in [4.78, 5) is 11.0. The van der Waals surface area contributed by atoms with E-state index in [2.05, 4.69) is 21.8 Å². The van der Waals surface area contributed by atoms with Crippen molar-refractivity contribution in [1.82, 2.24) is 9.88 Å². The minimum absolute atomic E-state index is 0.113. The average molecular weight is 318 g/mol. The van der Waals surface area contributed by atoms with Crippen molar-refractivity contribution in [3.05, 3.63) is 23.9 Å². The van der Waals surface area contributed by atoms with Crippen LogP contribution in [0.2, 0.25) is 0 Å². The Hall–Kier alpha value is -1.82. The number of aromatic nitrogens is 1. The van der Waals surface area contributed by atoms with Crippen molar-refractivity contribution in [2.45, 2.75) is 38.8 Å². The average Bonchev–Trinajstić information content (AvgIpc) is 3.07. The summed E-state index contributed by atoms with van der Waals surface area (Å²) in [5.41, 5.74) is 7.18. The van der Waals surface area contributed by atoms with Gasteiger partial charge in [-0.05, 0) is 30.4 Å². The summed E-state index contributed by atoms with van der Waals surface area (Å²) in [5, 5.41) is 0. The molecule has 6 heteroatoms. The first kappa shape index (κ1) is 16.1. The van der Waals surface area contributed by atoms with Gasteiger partial charge in [0.05, 0.1) is 19.8 Å². The topological polar surface area (TPSA) is 73.0 Å². The Morgan fingerprint density at radius 3 is 3.00 bits per heavy atom. The molecule has 2 fully saturated rings. The molecule has 0 aromatic carbocycles. The molecule has 23 heavy (non-hydrogen) atoms. The van der Waals surface area contributed by atoms with Gasteiger partial charge in [-0.2, -0.15) is 0 Å². The zero-order valence-corrected chi connectivity index (χ0v) is 13.8. The standard InChI is InChI=1S/C17H26N4O2/c1-13-3-7-21(8-4-13)17(18)20-11-14-2-6-19-16(10-14)23-15-5-9-22-12-15/h2,6,10,13,15H,3-5,7-9,11-12H2,1H3,(H2,18,20). The van der Waals surface area contributed by atoms with Gasteiger partial charge in [0.1, 0.15) is 6.10 Å². The highest BCUT2D eigenvalue weighted by atomic mass is 16.5. The van der Waals surface area contributed by atoms with Gasteiger partial charge in [-0.15, -0.1) is 0 Å². The van der Waals surface area contributed by atoms with Gasteiger partial charge in [0, 0.05) is 31.8 Å². The third kappa shape index (κ3) is 4.58. The molecule has 1 atom stereocenters. The maximum Gasteiger partial charge on any atom is 0.213 e. The number of aliphatic imine (C=N–C) groups is 1. The molecule has 2 saturated heterocycles. The molecule has 1 aromatic rings. The normalized spacial score (nSPS) is 23.3. The van der Waals surface area contributed by atoms with Crippen LogP contribution >= 0.6 is 0 Å². The summed E-state index contributed by atoms with van der Waals surface area (Å²) < 4.78 is 11.1. The smallest absolute Gasteiger partial charge is 0.213 e. The van der Waals surface area contributed by atoms with E-state index in [-0.39, 0.29) is 6.10 Å². The molecule has 0 spiro atoms. The van der Waals surface area contributed by atoms with Crippen LogP contribution in [-0.2, 0) is 11.3 Å². The lowest BCUT2D eigenvalue weighted by Crippen LogP contribution is -2.42. The minimum atomic E-state index is 0.113. The monoisotopic (exact) mass is 318 g/mol. The van der Waals surface area contributed by atoms with Crippen molar-refractivity contribution in [2.75, 3.05) is 26.3 Å². The molecule has 2 aliphatic heterocycles. The molecule has 6 nitrogen and oxygen atoms in total. The predicted octanol–water partition coefficient (Wildman–Crippen LogP) is 1.80. The summed E-state index contributed by atoms with van der Waals surface area (Å²) in [6.45, 7) is 6.26. The van der Waals surface area contributed by atoms with E-state index in [0.717, 1.165) is 37.6 Å². The lowest BCUT2D eigenvalue weighted by Gasteiger charge is -2.31. The number of guanidine groups is 1. The molecule has 2 N–H and O–H groups in total. The number of nitrogens with zero attached hydrogens (tertiary/aromatic N) is 3. The SMILES string of the molecule is CC1CCN(C(N)=NCc2ccnc(OC3CCOC3)c2)CC1. The van der Waals surface area contributed by atoms with E-state index in [1.165, 1.54) is 12.8 Å². The van der Waals surface area contributed by atoms with Gasteiger partial charge in [-0.25, -0.2) is 9.98 Å². The Kier molecular flexibility index (Phi) is 5.33. The van der Waals surface area contributed by atoms with Gasteiger partial charge in [-0.3, -0.25) is 0 Å². The van der Waals surface area contributed by atoms with Gasteiger partial charge in [-0.1, -0.05) is 6.92 Å². The van der Waals surface area contributed by atoms with E-state index >= 15 is 0 Å². The summed E-state index contributed by atoms with van der Waals surface area (Å²) in [5.74, 6) is 2.07. The third-order valence-electron chi connectivity index (χ3n) is 4.51. The van der Waals surface area contributed by atoms with Crippen LogP contribution in [0.1, 0.15) is 31.7 Å². The molecule has 1 unspecified atom stereocenters. The first-order valence-electron chi connectivity index (χ1n) is 8.45. The molecule has 0 radical (unpaired) electrons. The first-order chi connectivity index (χ1) is 11.2. The minimum Gasteiger partial charge on any atom is -0.472 e. The van der Waals surface area contributed by atoms with Crippen molar-refractivity contribution < 1.29 is 9.47 Å². The molecule has 126 valence electrons. The molecular weight excluding hydrogens is 292 g/mol. The summed E-state index contributed by atoms with van der Waals surface area (Å²) >= 11 is 0. The molecule has 0 amide bonds. The van der Waals surface area contributed by atoms with E-state index in [9.17, 15) is 0 Å². The Morgan fingerprint density at radius 1 is 1.43 bits per heavy atom. The second-order valence-corrected chi connectivity index (χ2v) is 6.45. The van der Waals surface area contributed by atoms with E-state index < -0.39 is 0 Å². The quantitative estimate of drug-likeness (QED) is 0.677. The van der Waals surface area contributed by atoms with Crippen LogP contribution < -0.4 is 10.5 Å². The Morgan fingerprint density at radius 2 is 2.26 bits per heavy atom. The highest BCUT2D eigenvalue weighted by Crippen LogP contribution is 2.17.